The summed E-state index contributed by atoms with van der Waals surface area (Å²) in [4.78, 5) is 30.5. The van der Waals surface area contributed by atoms with E-state index < -0.39 is 0 Å². The van der Waals surface area contributed by atoms with E-state index in [1.165, 1.54) is 19.3 Å². The quantitative estimate of drug-likeness (QED) is 0.744. The summed E-state index contributed by atoms with van der Waals surface area (Å²) in [6.45, 7) is 6.39. The molecule has 152 valence electrons. The van der Waals surface area contributed by atoms with Gasteiger partial charge < -0.3 is 14.7 Å². The number of anilines is 2. The Morgan fingerprint density at radius 2 is 1.45 bits per heavy atom. The maximum absolute atomic E-state index is 12.8. The summed E-state index contributed by atoms with van der Waals surface area (Å²) < 4.78 is 0. The topological polar surface area (TPSA) is 69.6 Å². The van der Waals surface area contributed by atoms with Gasteiger partial charge in [-0.3, -0.25) is 9.59 Å². The lowest BCUT2D eigenvalue weighted by Gasteiger charge is -2.36. The number of amides is 1. The van der Waals surface area contributed by atoms with Crippen molar-refractivity contribution >= 4 is 23.2 Å². The number of ketones is 1. The first kappa shape index (κ1) is 19.4. The highest BCUT2D eigenvalue weighted by molar-refractivity contribution is 5.94. The van der Waals surface area contributed by atoms with Gasteiger partial charge in [-0.05, 0) is 62.6 Å². The molecule has 2 aliphatic rings. The number of piperidine rings is 1. The van der Waals surface area contributed by atoms with E-state index in [1.807, 2.05) is 35.2 Å². The molecule has 2 aliphatic heterocycles. The maximum atomic E-state index is 12.8. The Morgan fingerprint density at radius 3 is 2.03 bits per heavy atom. The molecule has 4 rings (SSSR count). The van der Waals surface area contributed by atoms with Crippen LogP contribution in [0.15, 0.2) is 36.4 Å². The molecule has 0 bridgehead atoms. The Hall–Kier alpha value is -2.96. The Bertz CT molecular complexity index is 852. The number of Topliss-reactive ketones (excluding diaryl/α,β-unsaturated/α-hetero) is 1. The Kier molecular flexibility index (Phi) is 5.74. The lowest BCUT2D eigenvalue weighted by atomic mass is 10.1. The molecule has 0 aliphatic carbocycles. The molecule has 0 radical (unpaired) electrons. The van der Waals surface area contributed by atoms with Crippen molar-refractivity contribution in [2.24, 2.45) is 0 Å². The van der Waals surface area contributed by atoms with Crippen LogP contribution in [0, 0.1) is 0 Å². The van der Waals surface area contributed by atoms with Gasteiger partial charge in [0.2, 0.25) is 0 Å². The van der Waals surface area contributed by atoms with Gasteiger partial charge >= 0.3 is 0 Å². The molecular weight excluding hydrogens is 366 g/mol. The van der Waals surface area contributed by atoms with Gasteiger partial charge in [-0.15, -0.1) is 10.2 Å². The lowest BCUT2D eigenvalue weighted by Crippen LogP contribution is -2.49. The zero-order valence-electron chi connectivity index (χ0n) is 16.9. The summed E-state index contributed by atoms with van der Waals surface area (Å²) in [6.07, 6.45) is 3.64. The second-order valence-corrected chi connectivity index (χ2v) is 7.71. The third-order valence-electron chi connectivity index (χ3n) is 5.76. The maximum Gasteiger partial charge on any atom is 0.274 e. The van der Waals surface area contributed by atoms with Gasteiger partial charge in [0.25, 0.3) is 5.91 Å². The highest BCUT2D eigenvalue weighted by Gasteiger charge is 2.24. The van der Waals surface area contributed by atoms with Crippen molar-refractivity contribution < 1.29 is 9.59 Å². The number of rotatable bonds is 4. The highest BCUT2D eigenvalue weighted by atomic mass is 16.2. The first-order valence-corrected chi connectivity index (χ1v) is 10.4. The second-order valence-electron chi connectivity index (χ2n) is 7.71. The van der Waals surface area contributed by atoms with E-state index >= 15 is 0 Å². The van der Waals surface area contributed by atoms with Crippen LogP contribution in [0.1, 0.15) is 47.0 Å². The first-order chi connectivity index (χ1) is 14.1. The molecule has 0 atom stereocenters. The summed E-state index contributed by atoms with van der Waals surface area (Å²) in [5.41, 5.74) is 2.20. The van der Waals surface area contributed by atoms with Crippen LogP contribution in [0.25, 0.3) is 0 Å². The van der Waals surface area contributed by atoms with Crippen LogP contribution >= 0.6 is 0 Å². The summed E-state index contributed by atoms with van der Waals surface area (Å²) in [7, 11) is 0. The van der Waals surface area contributed by atoms with E-state index in [0.717, 1.165) is 37.7 Å². The molecule has 1 aromatic heterocycles. The Labute approximate surface area is 171 Å². The van der Waals surface area contributed by atoms with Crippen LogP contribution < -0.4 is 9.80 Å². The van der Waals surface area contributed by atoms with Crippen LogP contribution in [0.3, 0.4) is 0 Å². The van der Waals surface area contributed by atoms with Gasteiger partial charge in [-0.2, -0.15) is 0 Å². The molecule has 1 amide bonds. The molecule has 0 N–H and O–H groups in total. The normalized spacial score (nSPS) is 17.3. The third-order valence-corrected chi connectivity index (χ3v) is 5.76. The molecular formula is C22H27N5O2. The number of hydrogen-bond acceptors (Lipinski definition) is 6. The van der Waals surface area contributed by atoms with E-state index in [1.54, 1.807) is 13.0 Å². The van der Waals surface area contributed by atoms with Gasteiger partial charge in [-0.25, -0.2) is 0 Å². The van der Waals surface area contributed by atoms with Crippen LogP contribution in [-0.4, -0.2) is 66.1 Å². The van der Waals surface area contributed by atoms with Crippen LogP contribution in [0.5, 0.6) is 0 Å². The van der Waals surface area contributed by atoms with Crippen LogP contribution in [0.2, 0.25) is 0 Å². The predicted octanol–water partition coefficient (Wildman–Crippen LogP) is 2.63. The average molecular weight is 393 g/mol. The molecule has 3 heterocycles. The molecule has 2 aromatic rings. The highest BCUT2D eigenvalue weighted by Crippen LogP contribution is 2.20. The third kappa shape index (κ3) is 4.39. The fourth-order valence-electron chi connectivity index (χ4n) is 3.97. The smallest absolute Gasteiger partial charge is 0.274 e. The molecule has 2 fully saturated rings. The molecule has 7 heteroatoms. The van der Waals surface area contributed by atoms with E-state index in [9.17, 15) is 9.59 Å². The van der Waals surface area contributed by atoms with Gasteiger partial charge in [0.05, 0.1) is 0 Å². The zero-order chi connectivity index (χ0) is 20.2. The minimum absolute atomic E-state index is 0.0609. The zero-order valence-corrected chi connectivity index (χ0v) is 16.9. The van der Waals surface area contributed by atoms with Crippen molar-refractivity contribution in [3.63, 3.8) is 0 Å². The molecule has 1 aromatic carbocycles. The molecule has 2 saturated heterocycles. The molecule has 29 heavy (non-hydrogen) atoms. The fourth-order valence-corrected chi connectivity index (χ4v) is 3.97. The van der Waals surface area contributed by atoms with Gasteiger partial charge in [0, 0.05) is 50.5 Å². The van der Waals surface area contributed by atoms with E-state index in [2.05, 4.69) is 20.0 Å². The van der Waals surface area contributed by atoms with Crippen molar-refractivity contribution in [2.45, 2.75) is 26.2 Å². The summed E-state index contributed by atoms with van der Waals surface area (Å²) >= 11 is 0. The summed E-state index contributed by atoms with van der Waals surface area (Å²) in [5, 5.41) is 8.50. The fraction of sp³-hybridized carbons (Fsp3) is 0.455. The number of nitrogens with zero attached hydrogens (tertiary/aromatic N) is 5. The largest absolute Gasteiger partial charge is 0.368 e. The van der Waals surface area contributed by atoms with E-state index in [0.29, 0.717) is 24.3 Å². The monoisotopic (exact) mass is 393 g/mol. The molecule has 0 spiro atoms. The number of aromatic nitrogens is 2. The standard InChI is InChI=1S/C22H27N5O2/c1-17(28)18-5-7-19(8-6-18)25-13-15-27(16-14-25)22(29)20-9-10-21(24-23-20)26-11-3-2-4-12-26/h5-10H,2-4,11-16H2,1H3. The summed E-state index contributed by atoms with van der Waals surface area (Å²) in [5.74, 6) is 0.869. The summed E-state index contributed by atoms with van der Waals surface area (Å²) in [6, 6.07) is 11.4. The minimum Gasteiger partial charge on any atom is -0.368 e. The van der Waals surface area contributed by atoms with E-state index in [4.69, 9.17) is 0 Å². The first-order valence-electron chi connectivity index (χ1n) is 10.4. The van der Waals surface area contributed by atoms with Crippen molar-refractivity contribution in [3.8, 4) is 0 Å². The Morgan fingerprint density at radius 1 is 0.759 bits per heavy atom. The van der Waals surface area contributed by atoms with Crippen LogP contribution in [-0.2, 0) is 0 Å². The van der Waals surface area contributed by atoms with Crippen LogP contribution in [0.4, 0.5) is 11.5 Å². The average Bonchev–Trinajstić information content (AvgIpc) is 2.79. The lowest BCUT2D eigenvalue weighted by molar-refractivity contribution is 0.0739. The van der Waals surface area contributed by atoms with Crippen molar-refractivity contribution in [1.82, 2.24) is 15.1 Å². The molecule has 7 nitrogen and oxygen atoms in total. The van der Waals surface area contributed by atoms with Gasteiger partial charge in [0.1, 0.15) is 0 Å². The van der Waals surface area contributed by atoms with E-state index in [-0.39, 0.29) is 11.7 Å². The molecule has 0 saturated carbocycles. The SMILES string of the molecule is CC(=O)c1ccc(N2CCN(C(=O)c3ccc(N4CCCCC4)nn3)CC2)cc1. The number of piperazine rings is 1. The minimum atomic E-state index is -0.0609. The van der Waals surface area contributed by atoms with Gasteiger partial charge in [-0.1, -0.05) is 0 Å². The number of carbonyl (C=O) groups is 2. The van der Waals surface area contributed by atoms with Gasteiger partial charge in [0.15, 0.2) is 17.3 Å². The second kappa shape index (κ2) is 8.59. The predicted molar refractivity (Wildman–Crippen MR) is 113 cm³/mol. The number of hydrogen-bond donors (Lipinski definition) is 0. The van der Waals surface area contributed by atoms with Crippen molar-refractivity contribution in [1.29, 1.82) is 0 Å². The Balaban J connectivity index is 1.34. The number of benzene rings is 1. The van der Waals surface area contributed by atoms with Crippen molar-refractivity contribution in [3.05, 3.63) is 47.7 Å². The molecule has 0 unspecified atom stereocenters. The number of carbonyl (C=O) groups excluding carboxylic acids is 2. The van der Waals surface area contributed by atoms with Crippen molar-refractivity contribution in [2.75, 3.05) is 49.1 Å².